The molecule has 4 heterocycles. The number of benzene rings is 2. The minimum Gasteiger partial charge on any atom is -0.454 e. The van der Waals surface area contributed by atoms with Crippen molar-refractivity contribution in [2.75, 3.05) is 20.5 Å². The molecule has 0 spiro atoms. The molecule has 198 valence electrons. The number of hydrogen-bond acceptors (Lipinski definition) is 9. The maximum Gasteiger partial charge on any atom is 0.253 e. The highest BCUT2D eigenvalue weighted by molar-refractivity contribution is 5.83. The Hall–Kier alpha value is -4.61. The number of tetrazole rings is 1. The van der Waals surface area contributed by atoms with Crippen LogP contribution in [0.4, 0.5) is 0 Å². The highest BCUT2D eigenvalue weighted by atomic mass is 16.7. The molecule has 11 heteroatoms. The third-order valence-electron chi connectivity index (χ3n) is 6.67. The van der Waals surface area contributed by atoms with E-state index in [0.717, 1.165) is 16.5 Å². The first-order chi connectivity index (χ1) is 19.2. The first-order valence-electron chi connectivity index (χ1n) is 12.6. The quantitative estimate of drug-likeness (QED) is 0.293. The molecule has 1 N–H and O–H groups in total. The van der Waals surface area contributed by atoms with Crippen molar-refractivity contribution in [1.82, 2.24) is 35.1 Å². The van der Waals surface area contributed by atoms with E-state index in [-0.39, 0.29) is 12.4 Å². The summed E-state index contributed by atoms with van der Waals surface area (Å²) in [7, 11) is 1.63. The minimum absolute atomic E-state index is 0.148. The Labute approximate surface area is 224 Å². The number of methoxy groups -OCH3 is 1. The predicted octanol–water partition coefficient (Wildman–Crippen LogP) is 3.08. The van der Waals surface area contributed by atoms with Gasteiger partial charge in [0.1, 0.15) is 6.04 Å². The van der Waals surface area contributed by atoms with Crippen molar-refractivity contribution in [2.24, 2.45) is 0 Å². The van der Waals surface area contributed by atoms with Gasteiger partial charge in [-0.3, -0.25) is 14.7 Å². The van der Waals surface area contributed by atoms with E-state index in [2.05, 4.69) is 42.5 Å². The number of aromatic amines is 1. The van der Waals surface area contributed by atoms with Crippen LogP contribution in [0.25, 0.3) is 10.9 Å². The normalized spacial score (nSPS) is 13.3. The number of nitrogens with one attached hydrogen (secondary N) is 1. The largest absolute Gasteiger partial charge is 0.454 e. The Bertz CT molecular complexity index is 1580. The first-order valence-corrected chi connectivity index (χ1v) is 12.6. The number of rotatable bonds is 10. The maximum atomic E-state index is 13.7. The lowest BCUT2D eigenvalue weighted by atomic mass is 10.0. The van der Waals surface area contributed by atoms with Crippen molar-refractivity contribution in [3.05, 3.63) is 106 Å². The molecule has 0 saturated heterocycles. The summed E-state index contributed by atoms with van der Waals surface area (Å²) < 4.78 is 18.1. The maximum absolute atomic E-state index is 13.7. The molecule has 0 fully saturated rings. The molecule has 0 aliphatic carbocycles. The van der Waals surface area contributed by atoms with E-state index >= 15 is 0 Å². The van der Waals surface area contributed by atoms with Crippen molar-refractivity contribution in [3.63, 3.8) is 0 Å². The summed E-state index contributed by atoms with van der Waals surface area (Å²) in [5.74, 6) is 1.78. The molecular formula is C28H27N7O4. The average molecular weight is 526 g/mol. The van der Waals surface area contributed by atoms with E-state index < -0.39 is 6.04 Å². The lowest BCUT2D eigenvalue weighted by molar-refractivity contribution is 0.169. The van der Waals surface area contributed by atoms with E-state index in [1.54, 1.807) is 24.1 Å². The molecular weight excluding hydrogens is 498 g/mol. The summed E-state index contributed by atoms with van der Waals surface area (Å²) in [6.07, 6.45) is 3.57. The number of nitrogens with zero attached hydrogens (tertiary/aromatic N) is 6. The van der Waals surface area contributed by atoms with Gasteiger partial charge in [0.25, 0.3) is 5.56 Å². The Morgan fingerprint density at radius 2 is 1.85 bits per heavy atom. The fourth-order valence-electron chi connectivity index (χ4n) is 4.84. The lowest BCUT2D eigenvalue weighted by Gasteiger charge is -2.31. The summed E-state index contributed by atoms with van der Waals surface area (Å²) in [5, 5.41) is 13.4. The Balaban J connectivity index is 1.52. The zero-order valence-electron chi connectivity index (χ0n) is 21.4. The highest BCUT2D eigenvalue weighted by Crippen LogP contribution is 2.36. The fourth-order valence-corrected chi connectivity index (χ4v) is 4.84. The molecule has 39 heavy (non-hydrogen) atoms. The van der Waals surface area contributed by atoms with Gasteiger partial charge in [0.2, 0.25) is 6.79 Å². The van der Waals surface area contributed by atoms with Crippen molar-refractivity contribution < 1.29 is 14.2 Å². The monoisotopic (exact) mass is 525 g/mol. The minimum atomic E-state index is -0.587. The third kappa shape index (κ3) is 5.22. The average Bonchev–Trinajstić information content (AvgIpc) is 3.61. The molecule has 0 unspecified atom stereocenters. The molecule has 0 radical (unpaired) electrons. The van der Waals surface area contributed by atoms with Gasteiger partial charge >= 0.3 is 0 Å². The number of H-pyrrole nitrogens is 1. The standard InChI is InChI=1S/C28H27N7O4/c1-37-11-10-35-27(31-32-33-35)26(22-12-21-13-24-25(39-18-38-24)14-23(21)30-28(22)36)34(16-19-6-3-2-4-7-19)17-20-8-5-9-29-15-20/h2-9,12-15,26H,10-11,16-18H2,1H3,(H,30,36)/t26-/m1/s1. The Morgan fingerprint density at radius 1 is 1.05 bits per heavy atom. The van der Waals surface area contributed by atoms with Crippen LogP contribution < -0.4 is 15.0 Å². The molecule has 0 bridgehead atoms. The summed E-state index contributed by atoms with van der Waals surface area (Å²) in [4.78, 5) is 23.3. The predicted molar refractivity (Wildman–Crippen MR) is 142 cm³/mol. The van der Waals surface area contributed by atoms with E-state index in [9.17, 15) is 4.79 Å². The van der Waals surface area contributed by atoms with Gasteiger partial charge in [-0.1, -0.05) is 36.4 Å². The molecule has 1 aliphatic rings. The van der Waals surface area contributed by atoms with Crippen LogP contribution >= 0.6 is 0 Å². The third-order valence-corrected chi connectivity index (χ3v) is 6.67. The van der Waals surface area contributed by atoms with Crippen LogP contribution in [-0.4, -0.2) is 55.6 Å². The number of fused-ring (bicyclic) bond motifs is 2. The second kappa shape index (κ2) is 11.0. The zero-order chi connectivity index (χ0) is 26.6. The topological polar surface area (TPSA) is 120 Å². The van der Waals surface area contributed by atoms with Gasteiger partial charge < -0.3 is 19.2 Å². The molecule has 1 aliphatic heterocycles. The van der Waals surface area contributed by atoms with Crippen LogP contribution in [0.15, 0.2) is 77.9 Å². The molecule has 2 aromatic carbocycles. The van der Waals surface area contributed by atoms with Crippen LogP contribution in [0, 0.1) is 0 Å². The van der Waals surface area contributed by atoms with Gasteiger partial charge in [0.15, 0.2) is 17.3 Å². The molecule has 1 atom stereocenters. The number of aromatic nitrogens is 6. The summed E-state index contributed by atoms with van der Waals surface area (Å²) in [6.45, 7) is 2.05. The lowest BCUT2D eigenvalue weighted by Crippen LogP contribution is -2.35. The van der Waals surface area contributed by atoms with E-state index in [1.807, 2.05) is 48.7 Å². The molecule has 5 aromatic rings. The highest BCUT2D eigenvalue weighted by Gasteiger charge is 2.31. The second-order valence-electron chi connectivity index (χ2n) is 9.25. The van der Waals surface area contributed by atoms with E-state index in [0.29, 0.717) is 54.6 Å². The number of ether oxygens (including phenoxy) is 3. The van der Waals surface area contributed by atoms with E-state index in [1.165, 1.54) is 0 Å². The Kier molecular flexibility index (Phi) is 6.98. The SMILES string of the molecule is COCCn1nnnc1[C@@H](c1cc2cc3c(cc2[nH]c1=O)OCO3)N(Cc1ccccc1)Cc1cccnc1. The fraction of sp³-hybridized carbons (Fsp3) is 0.250. The number of hydrogen-bond donors (Lipinski definition) is 1. The van der Waals surface area contributed by atoms with Crippen LogP contribution in [0.1, 0.15) is 28.6 Å². The number of pyridine rings is 2. The van der Waals surface area contributed by atoms with Gasteiger partial charge in [-0.05, 0) is 39.8 Å². The van der Waals surface area contributed by atoms with Crippen LogP contribution in [-0.2, 0) is 24.4 Å². The molecule has 11 nitrogen and oxygen atoms in total. The van der Waals surface area contributed by atoms with Gasteiger partial charge in [-0.2, -0.15) is 0 Å². The van der Waals surface area contributed by atoms with E-state index in [4.69, 9.17) is 14.2 Å². The first kappa shape index (κ1) is 24.7. The zero-order valence-corrected chi connectivity index (χ0v) is 21.4. The molecule has 3 aromatic heterocycles. The van der Waals surface area contributed by atoms with Crippen molar-refractivity contribution in [1.29, 1.82) is 0 Å². The van der Waals surface area contributed by atoms with Crippen molar-refractivity contribution in [2.45, 2.75) is 25.7 Å². The smallest absolute Gasteiger partial charge is 0.253 e. The molecule has 0 saturated carbocycles. The van der Waals surface area contributed by atoms with Crippen molar-refractivity contribution in [3.8, 4) is 11.5 Å². The van der Waals surface area contributed by atoms with Crippen molar-refractivity contribution >= 4 is 10.9 Å². The summed E-state index contributed by atoms with van der Waals surface area (Å²) >= 11 is 0. The van der Waals surface area contributed by atoms with Gasteiger partial charge in [0.05, 0.1) is 18.7 Å². The van der Waals surface area contributed by atoms with Crippen LogP contribution in [0.3, 0.4) is 0 Å². The van der Waals surface area contributed by atoms with Gasteiger partial charge in [-0.25, -0.2) is 4.68 Å². The second-order valence-corrected chi connectivity index (χ2v) is 9.25. The summed E-state index contributed by atoms with van der Waals surface area (Å²) in [6, 6.07) is 19.0. The van der Waals surface area contributed by atoms with Gasteiger partial charge in [-0.15, -0.1) is 5.10 Å². The van der Waals surface area contributed by atoms with Crippen LogP contribution in [0.5, 0.6) is 11.5 Å². The van der Waals surface area contributed by atoms with Gasteiger partial charge in [0, 0.05) is 49.6 Å². The Morgan fingerprint density at radius 3 is 2.64 bits per heavy atom. The molecule has 0 amide bonds. The molecule has 6 rings (SSSR count). The van der Waals surface area contributed by atoms with Crippen LogP contribution in [0.2, 0.25) is 0 Å². The summed E-state index contributed by atoms with van der Waals surface area (Å²) in [5.41, 5.74) is 3.01.